The molecule has 1 fully saturated rings. The number of methoxy groups -OCH3 is 1. The molecule has 1 N–H and O–H groups in total. The van der Waals surface area contributed by atoms with Crippen molar-refractivity contribution in [1.29, 1.82) is 0 Å². The molecule has 0 aromatic carbocycles. The minimum absolute atomic E-state index is 0.00390. The molecule has 0 spiro atoms. The fourth-order valence-corrected chi connectivity index (χ4v) is 2.76. The summed E-state index contributed by atoms with van der Waals surface area (Å²) in [5.41, 5.74) is 0. The highest BCUT2D eigenvalue weighted by atomic mass is 19.4. The first-order valence-electron chi connectivity index (χ1n) is 7.25. The number of alkyl halides is 3. The summed E-state index contributed by atoms with van der Waals surface area (Å²) >= 11 is 0. The Bertz CT molecular complexity index is 512. The molecule has 0 unspecified atom stereocenters. The molecular weight excluding hydrogens is 297 g/mol. The molecule has 1 heterocycles. The highest BCUT2D eigenvalue weighted by molar-refractivity contribution is 5.90. The van der Waals surface area contributed by atoms with Crippen molar-refractivity contribution in [2.45, 2.75) is 38.3 Å². The van der Waals surface area contributed by atoms with E-state index < -0.39 is 12.1 Å². The molecule has 1 aliphatic carbocycles. The summed E-state index contributed by atoms with van der Waals surface area (Å²) in [6, 6.07) is 3.26. The van der Waals surface area contributed by atoms with Crippen LogP contribution < -0.4 is 10.1 Å². The minimum Gasteiger partial charge on any atom is -0.497 e. The Hall–Kier alpha value is -1.79. The van der Waals surface area contributed by atoms with Crippen LogP contribution >= 0.6 is 0 Å². The van der Waals surface area contributed by atoms with Crippen molar-refractivity contribution in [2.75, 3.05) is 12.4 Å². The highest BCUT2D eigenvalue weighted by Crippen LogP contribution is 2.40. The Morgan fingerprint density at radius 2 is 2.05 bits per heavy atom. The van der Waals surface area contributed by atoms with Crippen LogP contribution in [0.2, 0.25) is 0 Å². The second-order valence-electron chi connectivity index (χ2n) is 5.59. The van der Waals surface area contributed by atoms with Gasteiger partial charge in [-0.25, -0.2) is 4.98 Å². The van der Waals surface area contributed by atoms with Gasteiger partial charge in [-0.1, -0.05) is 0 Å². The van der Waals surface area contributed by atoms with Gasteiger partial charge in [-0.3, -0.25) is 4.79 Å². The maximum atomic E-state index is 12.6. The topological polar surface area (TPSA) is 51.2 Å². The van der Waals surface area contributed by atoms with Crippen molar-refractivity contribution < 1.29 is 22.7 Å². The number of nitrogens with zero attached hydrogens (tertiary/aromatic N) is 1. The third-order valence-electron chi connectivity index (χ3n) is 4.02. The second kappa shape index (κ2) is 6.98. The van der Waals surface area contributed by atoms with Crippen LogP contribution in [0.3, 0.4) is 0 Å². The average molecular weight is 316 g/mol. The van der Waals surface area contributed by atoms with E-state index in [0.29, 0.717) is 24.4 Å². The van der Waals surface area contributed by atoms with Crippen LogP contribution in [0.25, 0.3) is 0 Å². The number of halogens is 3. The van der Waals surface area contributed by atoms with Crippen LogP contribution in [0.1, 0.15) is 32.1 Å². The lowest BCUT2D eigenvalue weighted by Crippen LogP contribution is -2.29. The molecule has 22 heavy (non-hydrogen) atoms. The largest absolute Gasteiger partial charge is 0.497 e. The molecular formula is C15H19F3N2O2. The molecule has 0 atom stereocenters. The van der Waals surface area contributed by atoms with Gasteiger partial charge in [0.05, 0.1) is 13.0 Å². The van der Waals surface area contributed by atoms with Crippen molar-refractivity contribution in [3.05, 3.63) is 18.3 Å². The molecule has 1 aliphatic rings. The summed E-state index contributed by atoms with van der Waals surface area (Å²) in [4.78, 5) is 15.9. The smallest absolute Gasteiger partial charge is 0.391 e. The lowest BCUT2D eigenvalue weighted by molar-refractivity contribution is -0.183. The van der Waals surface area contributed by atoms with E-state index in [9.17, 15) is 18.0 Å². The first-order valence-corrected chi connectivity index (χ1v) is 7.25. The standard InChI is InChI=1S/C15H19F3N2O2/c1-22-12-6-7-19-13(9-12)20-14(21)8-10-2-4-11(5-3-10)15(16,17)18/h6-7,9-11H,2-5,8H2,1H3,(H,19,20,21). The molecule has 7 heteroatoms. The van der Waals surface area contributed by atoms with Gasteiger partial charge < -0.3 is 10.1 Å². The molecule has 1 aromatic rings. The number of rotatable bonds is 4. The zero-order chi connectivity index (χ0) is 16.2. The molecule has 1 aromatic heterocycles. The first-order chi connectivity index (χ1) is 10.4. The number of hydrogen-bond donors (Lipinski definition) is 1. The number of aromatic nitrogens is 1. The fourth-order valence-electron chi connectivity index (χ4n) is 2.76. The van der Waals surface area contributed by atoms with Crippen LogP contribution in [0.5, 0.6) is 5.75 Å². The third kappa shape index (κ3) is 4.61. The lowest BCUT2D eigenvalue weighted by atomic mass is 9.80. The highest BCUT2D eigenvalue weighted by Gasteiger charge is 2.41. The van der Waals surface area contributed by atoms with Gasteiger partial charge in [-0.05, 0) is 37.7 Å². The van der Waals surface area contributed by atoms with Crippen molar-refractivity contribution in [2.24, 2.45) is 11.8 Å². The normalized spacial score (nSPS) is 22.2. The summed E-state index contributed by atoms with van der Waals surface area (Å²) in [6.45, 7) is 0. The fraction of sp³-hybridized carbons (Fsp3) is 0.600. The van der Waals surface area contributed by atoms with E-state index >= 15 is 0 Å². The van der Waals surface area contributed by atoms with Gasteiger partial charge in [0.1, 0.15) is 11.6 Å². The molecule has 0 saturated heterocycles. The van der Waals surface area contributed by atoms with Gasteiger partial charge >= 0.3 is 6.18 Å². The molecule has 1 saturated carbocycles. The van der Waals surface area contributed by atoms with E-state index in [2.05, 4.69) is 10.3 Å². The Kier molecular flexibility index (Phi) is 5.26. The molecule has 4 nitrogen and oxygen atoms in total. The van der Waals surface area contributed by atoms with Crippen LogP contribution in [0.4, 0.5) is 19.0 Å². The summed E-state index contributed by atoms with van der Waals surface area (Å²) in [5.74, 6) is -0.475. The monoisotopic (exact) mass is 316 g/mol. The molecule has 0 aliphatic heterocycles. The molecule has 2 rings (SSSR count). The first kappa shape index (κ1) is 16.6. The summed E-state index contributed by atoms with van der Waals surface area (Å²) in [6.07, 6.45) is -1.28. The molecule has 1 amide bonds. The van der Waals surface area contributed by atoms with Crippen LogP contribution in [-0.2, 0) is 4.79 Å². The number of amides is 1. The Morgan fingerprint density at radius 3 is 2.64 bits per heavy atom. The maximum absolute atomic E-state index is 12.6. The number of nitrogens with one attached hydrogen (secondary N) is 1. The van der Waals surface area contributed by atoms with Crippen molar-refractivity contribution in [3.63, 3.8) is 0 Å². The van der Waals surface area contributed by atoms with E-state index in [1.165, 1.54) is 13.3 Å². The number of ether oxygens (including phenoxy) is 1. The van der Waals surface area contributed by atoms with E-state index in [0.717, 1.165) is 0 Å². The predicted octanol–water partition coefficient (Wildman–Crippen LogP) is 3.79. The summed E-state index contributed by atoms with van der Waals surface area (Å²) in [7, 11) is 1.51. The molecule has 122 valence electrons. The van der Waals surface area contributed by atoms with Crippen molar-refractivity contribution in [3.8, 4) is 5.75 Å². The SMILES string of the molecule is COc1ccnc(NC(=O)CC2CCC(C(F)(F)F)CC2)c1. The Labute approximate surface area is 127 Å². The number of carbonyl (C=O) groups is 1. The van der Waals surface area contributed by atoms with Crippen molar-refractivity contribution in [1.82, 2.24) is 4.98 Å². The second-order valence-corrected chi connectivity index (χ2v) is 5.59. The Balaban J connectivity index is 1.81. The van der Waals surface area contributed by atoms with Gasteiger partial charge in [-0.2, -0.15) is 13.2 Å². The van der Waals surface area contributed by atoms with Crippen molar-refractivity contribution >= 4 is 11.7 Å². The average Bonchev–Trinajstić information content (AvgIpc) is 2.47. The van der Waals surface area contributed by atoms with E-state index in [-0.39, 0.29) is 31.1 Å². The van der Waals surface area contributed by atoms with Gasteiger partial charge in [0, 0.05) is 18.7 Å². The number of hydrogen-bond acceptors (Lipinski definition) is 3. The quantitative estimate of drug-likeness (QED) is 0.919. The number of carbonyl (C=O) groups excluding carboxylic acids is 1. The van der Waals surface area contributed by atoms with Crippen LogP contribution in [0.15, 0.2) is 18.3 Å². The Morgan fingerprint density at radius 1 is 1.36 bits per heavy atom. The van der Waals surface area contributed by atoms with E-state index in [4.69, 9.17) is 4.74 Å². The number of anilines is 1. The lowest BCUT2D eigenvalue weighted by Gasteiger charge is -2.29. The van der Waals surface area contributed by atoms with Gasteiger partial charge in [0.2, 0.25) is 5.91 Å². The van der Waals surface area contributed by atoms with Crippen LogP contribution in [0, 0.1) is 11.8 Å². The van der Waals surface area contributed by atoms with Gasteiger partial charge in [-0.15, -0.1) is 0 Å². The van der Waals surface area contributed by atoms with Gasteiger partial charge in [0.15, 0.2) is 0 Å². The summed E-state index contributed by atoms with van der Waals surface area (Å²) in [5, 5.41) is 2.65. The zero-order valence-electron chi connectivity index (χ0n) is 12.3. The van der Waals surface area contributed by atoms with Gasteiger partial charge in [0.25, 0.3) is 0 Å². The zero-order valence-corrected chi connectivity index (χ0v) is 12.3. The maximum Gasteiger partial charge on any atom is 0.391 e. The molecule has 0 radical (unpaired) electrons. The molecule has 0 bridgehead atoms. The van der Waals surface area contributed by atoms with Crippen LogP contribution in [-0.4, -0.2) is 24.2 Å². The number of pyridine rings is 1. The third-order valence-corrected chi connectivity index (χ3v) is 4.02. The van der Waals surface area contributed by atoms with E-state index in [1.54, 1.807) is 12.1 Å². The van der Waals surface area contributed by atoms with E-state index in [1.807, 2.05) is 0 Å². The minimum atomic E-state index is -4.11. The predicted molar refractivity (Wildman–Crippen MR) is 75.5 cm³/mol. The summed E-state index contributed by atoms with van der Waals surface area (Å²) < 4.78 is 42.8.